The minimum atomic E-state index is 0.561. The summed E-state index contributed by atoms with van der Waals surface area (Å²) < 4.78 is 12.3. The predicted octanol–water partition coefficient (Wildman–Crippen LogP) is 4.07. The van der Waals surface area contributed by atoms with E-state index in [1.165, 1.54) is 0 Å². The Balaban J connectivity index is 1.92. The molecule has 0 radical (unpaired) electrons. The zero-order valence-corrected chi connectivity index (χ0v) is 11.8. The molecule has 0 unspecified atom stereocenters. The molecule has 3 rings (SSSR count). The van der Waals surface area contributed by atoms with Gasteiger partial charge in [0.05, 0.1) is 16.8 Å². The van der Waals surface area contributed by atoms with Crippen LogP contribution in [-0.2, 0) is 0 Å². The molecular formula is C15H14N2O2S. The summed E-state index contributed by atoms with van der Waals surface area (Å²) in [5.74, 6) is 2.08. The van der Waals surface area contributed by atoms with Crippen molar-refractivity contribution in [1.29, 1.82) is 0 Å². The average Bonchev–Trinajstić information content (AvgIpc) is 2.92. The van der Waals surface area contributed by atoms with Crippen LogP contribution in [0.5, 0.6) is 17.2 Å². The Morgan fingerprint density at radius 2 is 2.05 bits per heavy atom. The number of ether oxygens (including phenoxy) is 2. The van der Waals surface area contributed by atoms with E-state index in [2.05, 4.69) is 4.98 Å². The molecule has 0 saturated carbocycles. The summed E-state index contributed by atoms with van der Waals surface area (Å²) in [7, 11) is 0. The van der Waals surface area contributed by atoms with Crippen LogP contribution in [0.3, 0.4) is 0 Å². The van der Waals surface area contributed by atoms with Gasteiger partial charge >= 0.3 is 0 Å². The fourth-order valence-corrected chi connectivity index (χ4v) is 2.64. The van der Waals surface area contributed by atoms with Gasteiger partial charge in [-0.2, -0.15) is 0 Å². The van der Waals surface area contributed by atoms with Gasteiger partial charge in [-0.3, -0.25) is 0 Å². The van der Waals surface area contributed by atoms with E-state index in [4.69, 9.17) is 15.2 Å². The third-order valence-corrected chi connectivity index (χ3v) is 3.64. The highest BCUT2D eigenvalue weighted by Gasteiger charge is 2.09. The number of fused-ring (bicyclic) bond motifs is 1. The van der Waals surface area contributed by atoms with Crippen LogP contribution in [0, 0.1) is 0 Å². The van der Waals surface area contributed by atoms with Gasteiger partial charge in [-0.15, -0.1) is 11.3 Å². The van der Waals surface area contributed by atoms with Crippen molar-refractivity contribution in [2.45, 2.75) is 6.92 Å². The van der Waals surface area contributed by atoms with E-state index in [-0.39, 0.29) is 0 Å². The maximum Gasteiger partial charge on any atom is 0.152 e. The molecular weight excluding hydrogens is 272 g/mol. The van der Waals surface area contributed by atoms with Crippen LogP contribution in [0.1, 0.15) is 6.92 Å². The lowest BCUT2D eigenvalue weighted by Crippen LogP contribution is -1.94. The van der Waals surface area contributed by atoms with E-state index in [1.807, 2.05) is 43.3 Å². The van der Waals surface area contributed by atoms with Crippen LogP contribution < -0.4 is 15.2 Å². The van der Waals surface area contributed by atoms with Crippen LogP contribution in [-0.4, -0.2) is 11.6 Å². The minimum Gasteiger partial charge on any atom is -0.494 e. The van der Waals surface area contributed by atoms with Crippen LogP contribution in [0.25, 0.3) is 10.2 Å². The van der Waals surface area contributed by atoms with Crippen LogP contribution in [0.2, 0.25) is 0 Å². The van der Waals surface area contributed by atoms with Crippen molar-refractivity contribution in [2.75, 3.05) is 12.3 Å². The maximum atomic E-state index is 6.10. The van der Waals surface area contributed by atoms with Crippen molar-refractivity contribution in [1.82, 2.24) is 4.98 Å². The summed E-state index contributed by atoms with van der Waals surface area (Å²) in [6, 6.07) is 11.3. The Morgan fingerprint density at radius 1 is 1.20 bits per heavy atom. The minimum absolute atomic E-state index is 0.561. The monoisotopic (exact) mass is 286 g/mol. The molecule has 0 fully saturated rings. The number of benzene rings is 2. The molecule has 0 saturated heterocycles. The van der Waals surface area contributed by atoms with Gasteiger partial charge in [0.25, 0.3) is 0 Å². The first-order valence-electron chi connectivity index (χ1n) is 6.30. The quantitative estimate of drug-likeness (QED) is 0.734. The summed E-state index contributed by atoms with van der Waals surface area (Å²) in [4.78, 5) is 4.26. The first kappa shape index (κ1) is 12.7. The molecule has 0 bridgehead atoms. The molecule has 0 spiro atoms. The molecule has 2 aromatic carbocycles. The van der Waals surface area contributed by atoms with E-state index in [9.17, 15) is 0 Å². The highest BCUT2D eigenvalue weighted by molar-refractivity contribution is 7.16. The fraction of sp³-hybridized carbons (Fsp3) is 0.133. The SMILES string of the molecule is CCOc1cccc(Oc2ccc3scnc3c2N)c1. The molecule has 5 heteroatoms. The highest BCUT2D eigenvalue weighted by Crippen LogP contribution is 2.35. The summed E-state index contributed by atoms with van der Waals surface area (Å²) >= 11 is 1.56. The van der Waals surface area contributed by atoms with E-state index in [0.717, 1.165) is 16.0 Å². The maximum absolute atomic E-state index is 6.10. The van der Waals surface area contributed by atoms with Crippen molar-refractivity contribution in [3.05, 3.63) is 41.9 Å². The lowest BCUT2D eigenvalue weighted by molar-refractivity contribution is 0.338. The molecule has 0 aliphatic carbocycles. The lowest BCUT2D eigenvalue weighted by atomic mass is 10.2. The number of nitrogens with zero attached hydrogens (tertiary/aromatic N) is 1. The molecule has 3 aromatic rings. The van der Waals surface area contributed by atoms with E-state index in [1.54, 1.807) is 16.8 Å². The summed E-state index contributed by atoms with van der Waals surface area (Å²) in [5, 5.41) is 0. The van der Waals surface area contributed by atoms with Crippen LogP contribution in [0.4, 0.5) is 5.69 Å². The molecule has 1 aromatic heterocycles. The topological polar surface area (TPSA) is 57.4 Å². The lowest BCUT2D eigenvalue weighted by Gasteiger charge is -2.10. The summed E-state index contributed by atoms with van der Waals surface area (Å²) in [6.07, 6.45) is 0. The van der Waals surface area contributed by atoms with Gasteiger partial charge in [0.15, 0.2) is 5.75 Å². The molecule has 0 aliphatic heterocycles. The second-order valence-electron chi connectivity index (χ2n) is 4.19. The van der Waals surface area contributed by atoms with E-state index in [0.29, 0.717) is 23.8 Å². The normalized spacial score (nSPS) is 10.7. The molecule has 4 nitrogen and oxygen atoms in total. The third-order valence-electron chi connectivity index (χ3n) is 2.85. The molecule has 1 heterocycles. The Hall–Kier alpha value is -2.27. The molecule has 0 amide bonds. The van der Waals surface area contributed by atoms with Crippen molar-refractivity contribution in [2.24, 2.45) is 0 Å². The van der Waals surface area contributed by atoms with Crippen LogP contribution >= 0.6 is 11.3 Å². The molecule has 102 valence electrons. The number of thiazole rings is 1. The number of rotatable bonds is 4. The molecule has 0 atom stereocenters. The number of nitrogen functional groups attached to an aromatic ring is 1. The number of hydrogen-bond acceptors (Lipinski definition) is 5. The van der Waals surface area contributed by atoms with Gasteiger partial charge in [0.1, 0.15) is 22.7 Å². The van der Waals surface area contributed by atoms with Gasteiger partial charge < -0.3 is 15.2 Å². The van der Waals surface area contributed by atoms with E-state index >= 15 is 0 Å². The van der Waals surface area contributed by atoms with Crippen LogP contribution in [0.15, 0.2) is 41.9 Å². The van der Waals surface area contributed by atoms with Gasteiger partial charge in [-0.25, -0.2) is 4.98 Å². The largest absolute Gasteiger partial charge is 0.494 e. The van der Waals surface area contributed by atoms with Crippen molar-refractivity contribution in [3.63, 3.8) is 0 Å². The van der Waals surface area contributed by atoms with Crippen molar-refractivity contribution < 1.29 is 9.47 Å². The van der Waals surface area contributed by atoms with Gasteiger partial charge in [-0.05, 0) is 31.2 Å². The number of aromatic nitrogens is 1. The third kappa shape index (κ3) is 2.40. The summed E-state index contributed by atoms with van der Waals surface area (Å²) in [6.45, 7) is 2.57. The van der Waals surface area contributed by atoms with Gasteiger partial charge in [-0.1, -0.05) is 6.07 Å². The number of anilines is 1. The second kappa shape index (κ2) is 5.38. The van der Waals surface area contributed by atoms with Crippen molar-refractivity contribution >= 4 is 27.2 Å². The van der Waals surface area contributed by atoms with Gasteiger partial charge in [0.2, 0.25) is 0 Å². The Kier molecular flexibility index (Phi) is 3.43. The Labute approximate surface area is 120 Å². The standard InChI is InChI=1S/C15H14N2O2S/c1-2-18-10-4-3-5-11(8-10)19-12-6-7-13-15(14(12)16)17-9-20-13/h3-9H,2,16H2,1H3. The first-order chi connectivity index (χ1) is 9.78. The fourth-order valence-electron chi connectivity index (χ4n) is 1.94. The molecule has 2 N–H and O–H groups in total. The summed E-state index contributed by atoms with van der Waals surface area (Å²) in [5.41, 5.74) is 9.22. The zero-order valence-electron chi connectivity index (χ0n) is 11.0. The molecule has 20 heavy (non-hydrogen) atoms. The predicted molar refractivity (Wildman–Crippen MR) is 81.7 cm³/mol. The number of hydrogen-bond donors (Lipinski definition) is 1. The van der Waals surface area contributed by atoms with E-state index < -0.39 is 0 Å². The van der Waals surface area contributed by atoms with Crippen molar-refractivity contribution in [3.8, 4) is 17.2 Å². The molecule has 0 aliphatic rings. The first-order valence-corrected chi connectivity index (χ1v) is 7.18. The van der Waals surface area contributed by atoms with Gasteiger partial charge in [0, 0.05) is 6.07 Å². The number of nitrogens with two attached hydrogens (primary N) is 1. The average molecular weight is 286 g/mol. The highest BCUT2D eigenvalue weighted by atomic mass is 32.1. The smallest absolute Gasteiger partial charge is 0.152 e. The second-order valence-corrected chi connectivity index (χ2v) is 5.07. The Morgan fingerprint density at radius 3 is 2.90 bits per heavy atom. The Bertz CT molecular complexity index is 740. The zero-order chi connectivity index (χ0) is 13.9.